The number of hydrogen-bond donors (Lipinski definition) is 2. The molecule has 4 aromatic rings. The first-order valence-corrected chi connectivity index (χ1v) is 16.3. The van der Waals surface area contributed by atoms with Crippen molar-refractivity contribution in [3.8, 4) is 0 Å². The highest BCUT2D eigenvalue weighted by molar-refractivity contribution is 5.81. The van der Waals surface area contributed by atoms with Gasteiger partial charge in [-0.3, -0.25) is 5.32 Å². The van der Waals surface area contributed by atoms with E-state index in [-0.39, 0.29) is 6.17 Å². The molecule has 0 bridgehead atoms. The molecule has 8 rings (SSSR count). The number of anilines is 5. The van der Waals surface area contributed by atoms with Crippen LogP contribution in [0.2, 0.25) is 0 Å². The van der Waals surface area contributed by atoms with Crippen molar-refractivity contribution in [1.29, 1.82) is 0 Å². The van der Waals surface area contributed by atoms with Gasteiger partial charge in [0.25, 0.3) is 0 Å². The lowest BCUT2D eigenvalue weighted by molar-refractivity contribution is 0.117. The Hall–Kier alpha value is -3.64. The predicted molar refractivity (Wildman–Crippen MR) is 178 cm³/mol. The van der Waals surface area contributed by atoms with E-state index in [1.807, 2.05) is 0 Å². The highest BCUT2D eigenvalue weighted by atomic mass is 15.3. The average molecular weight is 570 g/mol. The summed E-state index contributed by atoms with van der Waals surface area (Å²) in [6.45, 7) is 3.49. The van der Waals surface area contributed by atoms with Crippen molar-refractivity contribution in [2.75, 3.05) is 36.5 Å². The number of likely N-dealkylation sites (tertiary alicyclic amines) is 1. The number of likely N-dealkylation sites (N-methyl/N-ethyl adjacent to an activating group) is 1. The second-order valence-electron chi connectivity index (χ2n) is 13.1. The van der Waals surface area contributed by atoms with E-state index in [4.69, 9.17) is 0 Å². The fourth-order valence-corrected chi connectivity index (χ4v) is 8.27. The van der Waals surface area contributed by atoms with Crippen LogP contribution in [-0.4, -0.2) is 43.8 Å². The molecule has 2 N–H and O–H groups in total. The van der Waals surface area contributed by atoms with Gasteiger partial charge >= 0.3 is 0 Å². The Morgan fingerprint density at radius 3 is 2.23 bits per heavy atom. The van der Waals surface area contributed by atoms with E-state index in [2.05, 4.69) is 136 Å². The second-order valence-corrected chi connectivity index (χ2v) is 13.1. The number of nitrogens with zero attached hydrogens (tertiary/aromatic N) is 3. The van der Waals surface area contributed by atoms with Crippen molar-refractivity contribution in [3.05, 3.63) is 114 Å². The van der Waals surface area contributed by atoms with Crippen LogP contribution in [0.4, 0.5) is 28.4 Å². The Bertz CT molecular complexity index is 1500. The van der Waals surface area contributed by atoms with Crippen LogP contribution in [-0.2, 0) is 0 Å². The highest BCUT2D eigenvalue weighted by Crippen LogP contribution is 2.50. The zero-order chi connectivity index (χ0) is 28.8. The lowest BCUT2D eigenvalue weighted by atomic mass is 9.81. The first-order chi connectivity index (χ1) is 21.2. The van der Waals surface area contributed by atoms with Gasteiger partial charge < -0.3 is 20.0 Å². The molecule has 5 unspecified atom stereocenters. The molecule has 5 atom stereocenters. The van der Waals surface area contributed by atoms with Crippen LogP contribution >= 0.6 is 0 Å². The quantitative estimate of drug-likeness (QED) is 0.256. The van der Waals surface area contributed by atoms with Crippen molar-refractivity contribution in [2.24, 2.45) is 5.92 Å². The number of para-hydroxylation sites is 2. The monoisotopic (exact) mass is 569 g/mol. The minimum absolute atomic E-state index is 0.290. The Kier molecular flexibility index (Phi) is 7.18. The minimum Gasteiger partial charge on any atom is -0.325 e. The molecule has 0 aromatic heterocycles. The normalized spacial score (nSPS) is 26.8. The number of nitrogens with one attached hydrogen (secondary N) is 2. The third-order valence-electron chi connectivity index (χ3n) is 10.4. The number of fused-ring (bicyclic) bond motifs is 4. The largest absolute Gasteiger partial charge is 0.325 e. The maximum atomic E-state index is 4.02. The fraction of sp³-hybridized carbons (Fsp3) is 0.368. The van der Waals surface area contributed by atoms with Crippen molar-refractivity contribution in [3.63, 3.8) is 0 Å². The summed E-state index contributed by atoms with van der Waals surface area (Å²) in [4.78, 5) is 7.44. The summed E-state index contributed by atoms with van der Waals surface area (Å²) in [6.07, 6.45) is 6.63. The molecule has 0 radical (unpaired) electrons. The van der Waals surface area contributed by atoms with Gasteiger partial charge in [-0.05, 0) is 124 Å². The molecule has 43 heavy (non-hydrogen) atoms. The Labute approximate surface area is 256 Å². The molecule has 5 nitrogen and oxygen atoms in total. The van der Waals surface area contributed by atoms with Crippen LogP contribution in [0.3, 0.4) is 0 Å². The second kappa shape index (κ2) is 11.5. The standard InChI is InChI=1S/C38H43N5/c1-41-24-22-28-16-20-35(40-36(28)26-41)27-14-17-31(18-15-27)43-37-21-19-32(25-34(37)33-13-8-23-39-38(33)43)42(29-9-4-2-5-10-29)30-11-6-3-7-12-30/h2-7,9-12,14-15,17-19,21,25,28,33,35-36,38-40H,8,13,16,20,22-24,26H2,1H3. The maximum Gasteiger partial charge on any atom is 0.0915 e. The van der Waals surface area contributed by atoms with Gasteiger partial charge in [-0.25, -0.2) is 0 Å². The Balaban J connectivity index is 1.11. The molecule has 0 aliphatic carbocycles. The molecule has 0 saturated carbocycles. The van der Waals surface area contributed by atoms with Gasteiger partial charge in [0, 0.05) is 53.0 Å². The zero-order valence-corrected chi connectivity index (χ0v) is 25.2. The third-order valence-corrected chi connectivity index (χ3v) is 10.4. The number of benzene rings is 4. The topological polar surface area (TPSA) is 33.8 Å². The highest BCUT2D eigenvalue weighted by Gasteiger charge is 2.41. The third kappa shape index (κ3) is 5.04. The summed E-state index contributed by atoms with van der Waals surface area (Å²) in [5.41, 5.74) is 9.09. The fourth-order valence-electron chi connectivity index (χ4n) is 8.27. The van der Waals surface area contributed by atoms with Gasteiger partial charge in [-0.1, -0.05) is 48.5 Å². The Morgan fingerprint density at radius 1 is 0.744 bits per heavy atom. The molecule has 0 amide bonds. The van der Waals surface area contributed by atoms with Crippen LogP contribution in [0, 0.1) is 5.92 Å². The molecule has 4 aliphatic rings. The van der Waals surface area contributed by atoms with E-state index in [0.29, 0.717) is 18.0 Å². The summed E-state index contributed by atoms with van der Waals surface area (Å²) in [6, 6.07) is 39.2. The number of rotatable bonds is 5. The first-order valence-electron chi connectivity index (χ1n) is 16.3. The molecular formula is C38H43N5. The minimum atomic E-state index is 0.290. The van der Waals surface area contributed by atoms with E-state index < -0.39 is 0 Å². The lowest BCUT2D eigenvalue weighted by Crippen LogP contribution is -2.53. The van der Waals surface area contributed by atoms with Gasteiger partial charge in [0.15, 0.2) is 0 Å². The van der Waals surface area contributed by atoms with Crippen molar-refractivity contribution < 1.29 is 0 Å². The molecule has 5 heteroatoms. The molecule has 4 aromatic carbocycles. The van der Waals surface area contributed by atoms with Crippen LogP contribution in [0.1, 0.15) is 55.2 Å². The summed E-state index contributed by atoms with van der Waals surface area (Å²) in [5.74, 6) is 1.31. The van der Waals surface area contributed by atoms with Gasteiger partial charge in [-0.2, -0.15) is 0 Å². The maximum absolute atomic E-state index is 4.02. The molecule has 4 heterocycles. The van der Waals surface area contributed by atoms with E-state index in [1.165, 1.54) is 84.8 Å². The summed E-state index contributed by atoms with van der Waals surface area (Å²) >= 11 is 0. The summed E-state index contributed by atoms with van der Waals surface area (Å²) in [5, 5.41) is 7.92. The average Bonchev–Trinajstić information content (AvgIpc) is 3.39. The van der Waals surface area contributed by atoms with E-state index in [9.17, 15) is 0 Å². The zero-order valence-electron chi connectivity index (χ0n) is 25.2. The van der Waals surface area contributed by atoms with Crippen LogP contribution in [0.15, 0.2) is 103 Å². The van der Waals surface area contributed by atoms with Gasteiger partial charge in [0.05, 0.1) is 6.17 Å². The van der Waals surface area contributed by atoms with E-state index in [0.717, 1.165) is 12.5 Å². The molecular weight excluding hydrogens is 526 g/mol. The SMILES string of the molecule is CN1CCC2CCC(c3ccc(N4c5ccc(N(c6ccccc6)c6ccccc6)cc5C5CCCNC54)cc3)NC2C1. The summed E-state index contributed by atoms with van der Waals surface area (Å²) < 4.78 is 0. The van der Waals surface area contributed by atoms with Crippen molar-refractivity contribution in [2.45, 2.75) is 56.3 Å². The van der Waals surface area contributed by atoms with Crippen molar-refractivity contribution in [1.82, 2.24) is 15.5 Å². The Morgan fingerprint density at radius 2 is 1.49 bits per heavy atom. The molecule has 0 spiro atoms. The van der Waals surface area contributed by atoms with Gasteiger partial charge in [-0.15, -0.1) is 0 Å². The van der Waals surface area contributed by atoms with Crippen LogP contribution < -0.4 is 20.4 Å². The molecule has 3 fully saturated rings. The first kappa shape index (κ1) is 26.9. The molecule has 3 saturated heterocycles. The van der Waals surface area contributed by atoms with E-state index >= 15 is 0 Å². The smallest absolute Gasteiger partial charge is 0.0915 e. The van der Waals surface area contributed by atoms with Crippen molar-refractivity contribution >= 4 is 28.4 Å². The van der Waals surface area contributed by atoms with Gasteiger partial charge in [0.2, 0.25) is 0 Å². The predicted octanol–water partition coefficient (Wildman–Crippen LogP) is 7.85. The molecule has 220 valence electrons. The lowest BCUT2D eigenvalue weighted by Gasteiger charge is -2.43. The van der Waals surface area contributed by atoms with Crippen LogP contribution in [0.25, 0.3) is 0 Å². The van der Waals surface area contributed by atoms with Gasteiger partial charge in [0.1, 0.15) is 0 Å². The van der Waals surface area contributed by atoms with Crippen LogP contribution in [0.5, 0.6) is 0 Å². The van der Waals surface area contributed by atoms with E-state index in [1.54, 1.807) is 0 Å². The summed E-state index contributed by atoms with van der Waals surface area (Å²) in [7, 11) is 2.26. The number of hydrogen-bond acceptors (Lipinski definition) is 5. The molecule has 4 aliphatic heterocycles. The number of piperidine rings is 3.